The van der Waals surface area contributed by atoms with Crippen LogP contribution in [0.2, 0.25) is 0 Å². The number of benzene rings is 1. The minimum Gasteiger partial charge on any atom is -0.395 e. The van der Waals surface area contributed by atoms with Crippen LogP contribution in [-0.2, 0) is 14.6 Å². The van der Waals surface area contributed by atoms with Gasteiger partial charge >= 0.3 is 6.29 Å². The zero-order chi connectivity index (χ0) is 16.7. The lowest BCUT2D eigenvalue weighted by atomic mass is 10.2. The van der Waals surface area contributed by atoms with Crippen molar-refractivity contribution in [2.75, 3.05) is 23.4 Å². The van der Waals surface area contributed by atoms with Gasteiger partial charge in [-0.05, 0) is 18.6 Å². The molecule has 0 spiro atoms. The van der Waals surface area contributed by atoms with Gasteiger partial charge in [0.1, 0.15) is 0 Å². The standard InChI is InChI=1S/C13H14F2N2O5S/c14-13(15)21-10-2-1-8(5-11(10)22-13)16-6-12(18)17-9-3-4-23(19,20)7-9/h1-2,5,9,16H,3-4,6-7H2,(H,17,18)/t9-/m1/s1. The number of amides is 1. The maximum Gasteiger partial charge on any atom is 0.586 e. The zero-order valence-electron chi connectivity index (χ0n) is 11.8. The van der Waals surface area contributed by atoms with Crippen LogP contribution in [-0.4, -0.2) is 44.7 Å². The van der Waals surface area contributed by atoms with Crippen molar-refractivity contribution in [3.63, 3.8) is 0 Å². The van der Waals surface area contributed by atoms with Gasteiger partial charge in [-0.15, -0.1) is 8.78 Å². The molecule has 126 valence electrons. The summed E-state index contributed by atoms with van der Waals surface area (Å²) in [6.45, 7) is -0.118. The molecule has 2 aliphatic rings. The van der Waals surface area contributed by atoms with Gasteiger partial charge in [-0.1, -0.05) is 0 Å². The number of alkyl halides is 2. The topological polar surface area (TPSA) is 93.7 Å². The van der Waals surface area contributed by atoms with Crippen molar-refractivity contribution in [1.29, 1.82) is 0 Å². The van der Waals surface area contributed by atoms with E-state index in [1.54, 1.807) is 0 Å². The molecule has 0 unspecified atom stereocenters. The van der Waals surface area contributed by atoms with E-state index >= 15 is 0 Å². The largest absolute Gasteiger partial charge is 0.586 e. The highest BCUT2D eigenvalue weighted by Gasteiger charge is 2.43. The van der Waals surface area contributed by atoms with Crippen LogP contribution >= 0.6 is 0 Å². The quantitative estimate of drug-likeness (QED) is 0.833. The summed E-state index contributed by atoms with van der Waals surface area (Å²) >= 11 is 0. The molecule has 23 heavy (non-hydrogen) atoms. The third-order valence-electron chi connectivity index (χ3n) is 3.45. The Bertz CT molecular complexity index is 738. The Morgan fingerprint density at radius 1 is 1.30 bits per heavy atom. The molecule has 1 amide bonds. The first-order valence-corrected chi connectivity index (χ1v) is 8.68. The molecule has 0 aliphatic carbocycles. The number of anilines is 1. The molecule has 3 rings (SSSR count). The van der Waals surface area contributed by atoms with Crippen LogP contribution in [0.3, 0.4) is 0 Å². The van der Waals surface area contributed by atoms with Crippen molar-refractivity contribution in [1.82, 2.24) is 5.32 Å². The molecule has 1 aromatic rings. The van der Waals surface area contributed by atoms with Crippen molar-refractivity contribution in [3.8, 4) is 11.5 Å². The van der Waals surface area contributed by atoms with Crippen molar-refractivity contribution >= 4 is 21.4 Å². The van der Waals surface area contributed by atoms with Gasteiger partial charge < -0.3 is 20.1 Å². The summed E-state index contributed by atoms with van der Waals surface area (Å²) in [6, 6.07) is 3.69. The first-order valence-electron chi connectivity index (χ1n) is 6.86. The van der Waals surface area contributed by atoms with E-state index in [1.165, 1.54) is 18.2 Å². The Kier molecular flexibility index (Phi) is 3.78. The first kappa shape index (κ1) is 15.8. The fourth-order valence-electron chi connectivity index (χ4n) is 2.43. The number of sulfone groups is 1. The Balaban J connectivity index is 1.52. The summed E-state index contributed by atoms with van der Waals surface area (Å²) in [7, 11) is -3.06. The maximum absolute atomic E-state index is 12.9. The summed E-state index contributed by atoms with van der Waals surface area (Å²) in [5.74, 6) is -0.571. The normalized spacial score (nSPS) is 23.5. The van der Waals surface area contributed by atoms with Gasteiger partial charge in [0.15, 0.2) is 21.3 Å². The molecule has 1 aromatic carbocycles. The Labute approximate surface area is 130 Å². The molecule has 1 fully saturated rings. The van der Waals surface area contributed by atoms with E-state index in [4.69, 9.17) is 0 Å². The first-order chi connectivity index (χ1) is 10.7. The highest BCUT2D eigenvalue weighted by atomic mass is 32.2. The molecule has 1 atom stereocenters. The minimum absolute atomic E-state index is 0.0577. The van der Waals surface area contributed by atoms with Crippen LogP contribution in [0.1, 0.15) is 6.42 Å². The second kappa shape index (κ2) is 5.52. The van der Waals surface area contributed by atoms with Crippen LogP contribution in [0.4, 0.5) is 14.5 Å². The fraction of sp³-hybridized carbons (Fsp3) is 0.462. The van der Waals surface area contributed by atoms with Crippen LogP contribution in [0, 0.1) is 0 Å². The van der Waals surface area contributed by atoms with E-state index in [0.717, 1.165) is 0 Å². The lowest BCUT2D eigenvalue weighted by molar-refractivity contribution is -0.286. The summed E-state index contributed by atoms with van der Waals surface area (Å²) in [6.07, 6.45) is -3.29. The number of rotatable bonds is 4. The van der Waals surface area contributed by atoms with Gasteiger partial charge in [0, 0.05) is 17.8 Å². The minimum atomic E-state index is -3.69. The summed E-state index contributed by atoms with van der Waals surface area (Å²) < 4.78 is 57.0. The zero-order valence-corrected chi connectivity index (χ0v) is 12.7. The number of carbonyl (C=O) groups is 1. The molecule has 0 aromatic heterocycles. The van der Waals surface area contributed by atoms with E-state index in [9.17, 15) is 22.0 Å². The van der Waals surface area contributed by atoms with Crippen molar-refractivity contribution in [2.45, 2.75) is 18.8 Å². The predicted octanol–water partition coefficient (Wildman–Crippen LogP) is 0.723. The SMILES string of the molecule is O=C(CNc1ccc2c(c1)OC(F)(F)O2)N[C@@H]1CCS(=O)(=O)C1. The number of fused-ring (bicyclic) bond motifs is 1. The molecule has 0 bridgehead atoms. The summed E-state index contributed by atoms with van der Waals surface area (Å²) in [5.41, 5.74) is 0.402. The van der Waals surface area contributed by atoms with Crippen LogP contribution in [0.5, 0.6) is 11.5 Å². The molecule has 1 saturated heterocycles. The second-order valence-electron chi connectivity index (χ2n) is 5.35. The van der Waals surface area contributed by atoms with E-state index in [-0.39, 0.29) is 41.5 Å². The van der Waals surface area contributed by atoms with E-state index in [0.29, 0.717) is 12.1 Å². The monoisotopic (exact) mass is 348 g/mol. The van der Waals surface area contributed by atoms with Gasteiger partial charge in [-0.3, -0.25) is 4.79 Å². The molecule has 2 N–H and O–H groups in total. The van der Waals surface area contributed by atoms with Crippen LogP contribution < -0.4 is 20.1 Å². The number of halogens is 2. The number of carbonyl (C=O) groups excluding carboxylic acids is 1. The van der Waals surface area contributed by atoms with Gasteiger partial charge in [0.05, 0.1) is 18.1 Å². The van der Waals surface area contributed by atoms with Crippen molar-refractivity contribution in [2.24, 2.45) is 0 Å². The smallest absolute Gasteiger partial charge is 0.395 e. The molecule has 7 nitrogen and oxygen atoms in total. The lowest BCUT2D eigenvalue weighted by Gasteiger charge is -2.12. The van der Waals surface area contributed by atoms with Crippen LogP contribution in [0.15, 0.2) is 18.2 Å². The predicted molar refractivity (Wildman–Crippen MR) is 76.3 cm³/mol. The van der Waals surface area contributed by atoms with E-state index < -0.39 is 16.1 Å². The molecule has 10 heteroatoms. The van der Waals surface area contributed by atoms with Gasteiger partial charge in [-0.2, -0.15) is 0 Å². The fourth-order valence-corrected chi connectivity index (χ4v) is 4.10. The summed E-state index contributed by atoms with van der Waals surface area (Å²) in [4.78, 5) is 11.8. The molecule has 0 radical (unpaired) electrons. The maximum atomic E-state index is 12.9. The number of hydrogen-bond donors (Lipinski definition) is 2. The average Bonchev–Trinajstić information content (AvgIpc) is 2.93. The van der Waals surface area contributed by atoms with Gasteiger partial charge in [-0.25, -0.2) is 8.42 Å². The number of ether oxygens (including phenoxy) is 2. The second-order valence-corrected chi connectivity index (χ2v) is 7.58. The molecular formula is C13H14F2N2O5S. The Morgan fingerprint density at radius 2 is 2.04 bits per heavy atom. The molecule has 0 saturated carbocycles. The Morgan fingerprint density at radius 3 is 2.74 bits per heavy atom. The highest BCUT2D eigenvalue weighted by molar-refractivity contribution is 7.91. The molecule has 2 aliphatic heterocycles. The molecule has 2 heterocycles. The number of nitrogens with one attached hydrogen (secondary N) is 2. The summed E-state index contributed by atoms with van der Waals surface area (Å²) in [5, 5.41) is 5.37. The highest BCUT2D eigenvalue weighted by Crippen LogP contribution is 2.42. The Hall–Kier alpha value is -2.10. The van der Waals surface area contributed by atoms with Gasteiger partial charge in [0.25, 0.3) is 0 Å². The van der Waals surface area contributed by atoms with Gasteiger partial charge in [0.2, 0.25) is 5.91 Å². The third kappa shape index (κ3) is 3.81. The number of hydrogen-bond acceptors (Lipinski definition) is 6. The third-order valence-corrected chi connectivity index (χ3v) is 5.22. The average molecular weight is 348 g/mol. The molecular weight excluding hydrogens is 334 g/mol. The van der Waals surface area contributed by atoms with E-state index in [1.807, 2.05) is 0 Å². The van der Waals surface area contributed by atoms with Crippen molar-refractivity contribution < 1.29 is 31.5 Å². The van der Waals surface area contributed by atoms with E-state index in [2.05, 4.69) is 20.1 Å². The van der Waals surface area contributed by atoms with Crippen LogP contribution in [0.25, 0.3) is 0 Å². The van der Waals surface area contributed by atoms with Crippen molar-refractivity contribution in [3.05, 3.63) is 18.2 Å². The lowest BCUT2D eigenvalue weighted by Crippen LogP contribution is -2.39.